The lowest BCUT2D eigenvalue weighted by atomic mass is 10.1. The Balaban J connectivity index is 2.04. The molecule has 1 saturated carbocycles. The predicted octanol–water partition coefficient (Wildman–Crippen LogP) is 2.57. The third kappa shape index (κ3) is 3.75. The average molecular weight is 296 g/mol. The molecule has 1 aromatic heterocycles. The van der Waals surface area contributed by atoms with E-state index in [4.69, 9.17) is 0 Å². The van der Waals surface area contributed by atoms with Gasteiger partial charge in [-0.1, -0.05) is 11.8 Å². The molecule has 0 radical (unpaired) electrons. The Morgan fingerprint density at radius 3 is 2.60 bits per heavy atom. The highest BCUT2D eigenvalue weighted by molar-refractivity contribution is 8.00. The van der Waals surface area contributed by atoms with Crippen LogP contribution in [0.25, 0.3) is 0 Å². The first-order chi connectivity index (χ1) is 9.31. The molecular weight excluding hydrogens is 272 g/mol. The molecule has 0 aliphatic heterocycles. The van der Waals surface area contributed by atoms with E-state index in [0.717, 1.165) is 17.5 Å². The van der Waals surface area contributed by atoms with E-state index in [0.29, 0.717) is 5.92 Å². The van der Waals surface area contributed by atoms with Crippen LogP contribution in [0.3, 0.4) is 0 Å². The largest absolute Gasteiger partial charge is 0.351 e. The van der Waals surface area contributed by atoms with Gasteiger partial charge in [0.15, 0.2) is 5.16 Å². The highest BCUT2D eigenvalue weighted by atomic mass is 32.2. The summed E-state index contributed by atoms with van der Waals surface area (Å²) >= 11 is 1.49. The van der Waals surface area contributed by atoms with E-state index in [1.54, 1.807) is 0 Å². The molecule has 1 N–H and O–H groups in total. The van der Waals surface area contributed by atoms with E-state index in [-0.39, 0.29) is 16.7 Å². The second kappa shape index (κ2) is 5.76. The summed E-state index contributed by atoms with van der Waals surface area (Å²) in [5, 5.41) is 12.2. The SMILES string of the molecule is CCn1c(S[C@H](C)C(=O)NC(C)(C)C)nnc1C1CC1. The number of nitrogens with one attached hydrogen (secondary N) is 1. The zero-order valence-corrected chi connectivity index (χ0v) is 13.8. The van der Waals surface area contributed by atoms with E-state index in [9.17, 15) is 4.79 Å². The quantitative estimate of drug-likeness (QED) is 0.848. The summed E-state index contributed by atoms with van der Waals surface area (Å²) in [6.07, 6.45) is 2.42. The number of amides is 1. The number of aromatic nitrogens is 3. The fourth-order valence-electron chi connectivity index (χ4n) is 2.01. The number of thioether (sulfide) groups is 1. The van der Waals surface area contributed by atoms with E-state index >= 15 is 0 Å². The maximum absolute atomic E-state index is 12.1. The molecule has 1 aliphatic carbocycles. The Bertz CT molecular complexity index is 488. The molecule has 0 spiro atoms. The summed E-state index contributed by atoms with van der Waals surface area (Å²) in [6.45, 7) is 10.8. The summed E-state index contributed by atoms with van der Waals surface area (Å²) < 4.78 is 2.14. The molecule has 2 rings (SSSR count). The Morgan fingerprint density at radius 1 is 1.45 bits per heavy atom. The van der Waals surface area contributed by atoms with Crippen molar-refractivity contribution < 1.29 is 4.79 Å². The van der Waals surface area contributed by atoms with E-state index in [1.807, 2.05) is 27.7 Å². The molecule has 1 amide bonds. The van der Waals surface area contributed by atoms with Crippen LogP contribution in [0.15, 0.2) is 5.16 Å². The lowest BCUT2D eigenvalue weighted by Gasteiger charge is -2.22. The van der Waals surface area contributed by atoms with Gasteiger partial charge in [0, 0.05) is 18.0 Å². The lowest BCUT2D eigenvalue weighted by molar-refractivity contribution is -0.121. The van der Waals surface area contributed by atoms with Crippen molar-refractivity contribution in [2.75, 3.05) is 0 Å². The van der Waals surface area contributed by atoms with Crippen molar-refractivity contribution in [2.24, 2.45) is 0 Å². The van der Waals surface area contributed by atoms with Crippen LogP contribution in [-0.2, 0) is 11.3 Å². The van der Waals surface area contributed by atoms with Crippen LogP contribution >= 0.6 is 11.8 Å². The summed E-state index contributed by atoms with van der Waals surface area (Å²) in [7, 11) is 0. The number of carbonyl (C=O) groups is 1. The van der Waals surface area contributed by atoms with Crippen molar-refractivity contribution in [3.63, 3.8) is 0 Å². The van der Waals surface area contributed by atoms with Crippen LogP contribution in [0.4, 0.5) is 0 Å². The first-order valence-corrected chi connectivity index (χ1v) is 8.11. The molecule has 1 atom stereocenters. The minimum Gasteiger partial charge on any atom is -0.351 e. The van der Waals surface area contributed by atoms with Crippen LogP contribution in [0.1, 0.15) is 59.2 Å². The molecule has 0 saturated heterocycles. The van der Waals surface area contributed by atoms with E-state index < -0.39 is 0 Å². The monoisotopic (exact) mass is 296 g/mol. The number of carbonyl (C=O) groups excluding carboxylic acids is 1. The fraction of sp³-hybridized carbons (Fsp3) is 0.786. The first kappa shape index (κ1) is 15.4. The lowest BCUT2D eigenvalue weighted by Crippen LogP contribution is -2.44. The summed E-state index contributed by atoms with van der Waals surface area (Å²) in [5.74, 6) is 1.70. The van der Waals surface area contributed by atoms with Gasteiger partial charge in [-0.2, -0.15) is 0 Å². The summed E-state index contributed by atoms with van der Waals surface area (Å²) in [5.41, 5.74) is -0.205. The molecule has 0 unspecified atom stereocenters. The Kier molecular flexibility index (Phi) is 4.42. The highest BCUT2D eigenvalue weighted by Crippen LogP contribution is 2.40. The molecule has 0 aromatic carbocycles. The number of hydrogen-bond acceptors (Lipinski definition) is 4. The molecule has 5 nitrogen and oxygen atoms in total. The average Bonchev–Trinajstić information content (AvgIpc) is 3.09. The van der Waals surface area contributed by atoms with Crippen molar-refractivity contribution in [3.05, 3.63) is 5.82 Å². The van der Waals surface area contributed by atoms with Gasteiger partial charge in [-0.25, -0.2) is 0 Å². The van der Waals surface area contributed by atoms with Crippen molar-refractivity contribution >= 4 is 17.7 Å². The minimum atomic E-state index is -0.205. The normalized spacial score (nSPS) is 17.1. The molecule has 112 valence electrons. The van der Waals surface area contributed by atoms with Gasteiger partial charge in [0.05, 0.1) is 5.25 Å². The standard InChI is InChI=1S/C14H24N4OS/c1-6-18-11(10-7-8-10)16-17-13(18)20-9(2)12(19)15-14(3,4)5/h9-10H,6-8H2,1-5H3,(H,15,19)/t9-/m1/s1. The summed E-state index contributed by atoms with van der Waals surface area (Å²) in [4.78, 5) is 12.1. The molecule has 1 aliphatic rings. The minimum absolute atomic E-state index is 0.0427. The number of rotatable bonds is 5. The van der Waals surface area contributed by atoms with Crippen molar-refractivity contribution in [1.82, 2.24) is 20.1 Å². The van der Waals surface area contributed by atoms with Crippen molar-refractivity contribution in [1.29, 1.82) is 0 Å². The van der Waals surface area contributed by atoms with Gasteiger partial charge in [0.1, 0.15) is 5.82 Å². The first-order valence-electron chi connectivity index (χ1n) is 7.23. The molecule has 1 fully saturated rings. The van der Waals surface area contributed by atoms with Crippen LogP contribution in [-0.4, -0.2) is 31.5 Å². The van der Waals surface area contributed by atoms with Gasteiger partial charge in [0.25, 0.3) is 0 Å². The molecule has 1 aromatic rings. The fourth-order valence-corrected chi connectivity index (χ4v) is 2.93. The molecule has 1 heterocycles. The van der Waals surface area contributed by atoms with Gasteiger partial charge < -0.3 is 9.88 Å². The Labute approximate surface area is 124 Å². The van der Waals surface area contributed by atoms with Gasteiger partial charge in [-0.3, -0.25) is 4.79 Å². The highest BCUT2D eigenvalue weighted by Gasteiger charge is 2.31. The maximum atomic E-state index is 12.1. The molecule has 6 heteroatoms. The maximum Gasteiger partial charge on any atom is 0.233 e. The van der Waals surface area contributed by atoms with Crippen molar-refractivity contribution in [3.8, 4) is 0 Å². The molecular formula is C14H24N4OS. The number of hydrogen-bond donors (Lipinski definition) is 1. The number of nitrogens with zero attached hydrogens (tertiary/aromatic N) is 3. The van der Waals surface area contributed by atoms with Crippen LogP contribution < -0.4 is 5.32 Å². The third-order valence-corrected chi connectivity index (χ3v) is 4.23. The molecule has 0 bridgehead atoms. The Morgan fingerprint density at radius 2 is 2.10 bits per heavy atom. The van der Waals surface area contributed by atoms with Gasteiger partial charge >= 0.3 is 0 Å². The third-order valence-electron chi connectivity index (χ3n) is 3.15. The second-order valence-electron chi connectivity index (χ2n) is 6.36. The summed E-state index contributed by atoms with van der Waals surface area (Å²) in [6, 6.07) is 0. The van der Waals surface area contributed by atoms with Crippen LogP contribution in [0, 0.1) is 0 Å². The van der Waals surface area contributed by atoms with Crippen molar-refractivity contribution in [2.45, 2.75) is 75.9 Å². The molecule has 20 heavy (non-hydrogen) atoms. The van der Waals surface area contributed by atoms with E-state index in [2.05, 4.69) is 27.0 Å². The van der Waals surface area contributed by atoms with Gasteiger partial charge in [0.2, 0.25) is 5.91 Å². The second-order valence-corrected chi connectivity index (χ2v) is 7.67. The van der Waals surface area contributed by atoms with Gasteiger partial charge in [-0.05, 0) is 47.5 Å². The Hall–Kier alpha value is -1.04. The zero-order valence-electron chi connectivity index (χ0n) is 12.9. The van der Waals surface area contributed by atoms with Crippen LogP contribution in [0.2, 0.25) is 0 Å². The predicted molar refractivity (Wildman–Crippen MR) is 80.9 cm³/mol. The van der Waals surface area contributed by atoms with E-state index in [1.165, 1.54) is 24.6 Å². The zero-order chi connectivity index (χ0) is 14.9. The smallest absolute Gasteiger partial charge is 0.233 e. The topological polar surface area (TPSA) is 59.8 Å². The van der Waals surface area contributed by atoms with Crippen LogP contribution in [0.5, 0.6) is 0 Å². The van der Waals surface area contributed by atoms with Gasteiger partial charge in [-0.15, -0.1) is 10.2 Å².